The van der Waals surface area contributed by atoms with Crippen LogP contribution < -0.4 is 11.1 Å². The van der Waals surface area contributed by atoms with Crippen LogP contribution in [-0.2, 0) is 17.8 Å². The van der Waals surface area contributed by atoms with Crippen LogP contribution in [0.1, 0.15) is 11.3 Å². The highest BCUT2D eigenvalue weighted by atomic mass is 32.1. The highest BCUT2D eigenvalue weighted by molar-refractivity contribution is 7.07. The summed E-state index contributed by atoms with van der Waals surface area (Å²) in [5.74, 6) is -0.312. The van der Waals surface area contributed by atoms with E-state index in [2.05, 4.69) is 10.3 Å². The van der Waals surface area contributed by atoms with Gasteiger partial charge < -0.3 is 11.1 Å². The molecule has 0 saturated heterocycles. The van der Waals surface area contributed by atoms with Crippen molar-refractivity contribution in [2.24, 2.45) is 5.73 Å². The van der Waals surface area contributed by atoms with E-state index in [9.17, 15) is 4.79 Å². The van der Waals surface area contributed by atoms with Crippen molar-refractivity contribution < 1.29 is 4.79 Å². The van der Waals surface area contributed by atoms with E-state index in [-0.39, 0.29) is 12.3 Å². The van der Waals surface area contributed by atoms with Crippen molar-refractivity contribution in [3.05, 3.63) is 46.4 Å². The Labute approximate surface area is 103 Å². The maximum absolute atomic E-state index is 10.7. The first-order chi connectivity index (χ1) is 8.24. The van der Waals surface area contributed by atoms with Gasteiger partial charge in [0, 0.05) is 11.1 Å². The summed E-state index contributed by atoms with van der Waals surface area (Å²) in [6.45, 7) is 0.707. The van der Waals surface area contributed by atoms with Gasteiger partial charge >= 0.3 is 0 Å². The van der Waals surface area contributed by atoms with E-state index in [1.54, 1.807) is 11.3 Å². The van der Waals surface area contributed by atoms with Crippen LogP contribution >= 0.6 is 11.3 Å². The number of thiazole rings is 1. The molecule has 0 fully saturated rings. The number of anilines is 1. The van der Waals surface area contributed by atoms with Crippen LogP contribution in [0.15, 0.2) is 35.2 Å². The second kappa shape index (κ2) is 5.45. The van der Waals surface area contributed by atoms with Gasteiger partial charge in [0.05, 0.1) is 24.2 Å². The molecule has 0 unspecified atom stereocenters. The first-order valence-electron chi connectivity index (χ1n) is 5.22. The second-order valence-electron chi connectivity index (χ2n) is 3.67. The van der Waals surface area contributed by atoms with E-state index in [0.717, 1.165) is 16.9 Å². The largest absolute Gasteiger partial charge is 0.379 e. The van der Waals surface area contributed by atoms with Gasteiger partial charge in [0.15, 0.2) is 0 Å². The topological polar surface area (TPSA) is 68.0 Å². The van der Waals surface area contributed by atoms with Crippen molar-refractivity contribution in [1.82, 2.24) is 4.98 Å². The van der Waals surface area contributed by atoms with Crippen molar-refractivity contribution in [2.45, 2.75) is 13.0 Å². The zero-order valence-corrected chi connectivity index (χ0v) is 10.0. The summed E-state index contributed by atoms with van der Waals surface area (Å²) in [5.41, 5.74) is 9.89. The second-order valence-corrected chi connectivity index (χ2v) is 4.39. The average molecular weight is 247 g/mol. The summed E-state index contributed by atoms with van der Waals surface area (Å²) in [6.07, 6.45) is 0.284. The first kappa shape index (κ1) is 11.6. The summed E-state index contributed by atoms with van der Waals surface area (Å²) in [7, 11) is 0. The third-order valence-corrected chi connectivity index (χ3v) is 2.92. The van der Waals surface area contributed by atoms with Crippen LogP contribution in [0.5, 0.6) is 0 Å². The van der Waals surface area contributed by atoms with Gasteiger partial charge in [-0.3, -0.25) is 4.79 Å². The smallest absolute Gasteiger partial charge is 0.221 e. The molecule has 0 aliphatic heterocycles. The molecule has 0 saturated carbocycles. The van der Waals surface area contributed by atoms with Crippen molar-refractivity contribution in [3.63, 3.8) is 0 Å². The quantitative estimate of drug-likeness (QED) is 0.846. The van der Waals surface area contributed by atoms with Crippen molar-refractivity contribution >= 4 is 22.9 Å². The molecule has 1 aromatic heterocycles. The van der Waals surface area contributed by atoms with Crippen molar-refractivity contribution in [1.29, 1.82) is 0 Å². The zero-order valence-electron chi connectivity index (χ0n) is 9.22. The van der Waals surface area contributed by atoms with Gasteiger partial charge in [-0.15, -0.1) is 11.3 Å². The molecular formula is C12H13N3OS. The summed E-state index contributed by atoms with van der Waals surface area (Å²) >= 11 is 1.58. The molecule has 17 heavy (non-hydrogen) atoms. The molecule has 3 N–H and O–H groups in total. The minimum atomic E-state index is -0.312. The van der Waals surface area contributed by atoms with Crippen molar-refractivity contribution in [2.75, 3.05) is 5.32 Å². The van der Waals surface area contributed by atoms with E-state index >= 15 is 0 Å². The van der Waals surface area contributed by atoms with Gasteiger partial charge in [-0.2, -0.15) is 0 Å². The molecule has 0 bridgehead atoms. The van der Waals surface area contributed by atoms with Gasteiger partial charge in [-0.1, -0.05) is 12.1 Å². The number of hydrogen-bond donors (Lipinski definition) is 2. The Bertz CT molecular complexity index is 479. The van der Waals surface area contributed by atoms with Gasteiger partial charge in [0.25, 0.3) is 0 Å². The zero-order chi connectivity index (χ0) is 12.1. The maximum Gasteiger partial charge on any atom is 0.221 e. The van der Waals surface area contributed by atoms with Crippen LogP contribution in [0, 0.1) is 0 Å². The predicted octanol–water partition coefficient (Wildman–Crippen LogP) is 1.78. The Morgan fingerprint density at radius 3 is 2.71 bits per heavy atom. The van der Waals surface area contributed by atoms with E-state index in [0.29, 0.717) is 6.54 Å². The Morgan fingerprint density at radius 2 is 2.12 bits per heavy atom. The van der Waals surface area contributed by atoms with Crippen LogP contribution in [0.25, 0.3) is 0 Å². The molecule has 0 aliphatic carbocycles. The molecule has 0 radical (unpaired) electrons. The SMILES string of the molecule is NC(=O)Cc1ccc(NCc2cscn2)cc1. The number of rotatable bonds is 5. The summed E-state index contributed by atoms with van der Waals surface area (Å²) in [6, 6.07) is 7.66. The third kappa shape index (κ3) is 3.57. The molecule has 1 amide bonds. The molecule has 2 aromatic rings. The number of nitrogens with two attached hydrogens (primary N) is 1. The molecule has 1 heterocycles. The third-order valence-electron chi connectivity index (χ3n) is 2.29. The molecule has 2 rings (SSSR count). The fourth-order valence-corrected chi connectivity index (χ4v) is 2.02. The fraction of sp³-hybridized carbons (Fsp3) is 0.167. The summed E-state index contributed by atoms with van der Waals surface area (Å²) in [4.78, 5) is 14.9. The Hall–Kier alpha value is -1.88. The molecule has 1 aromatic carbocycles. The monoisotopic (exact) mass is 247 g/mol. The summed E-state index contributed by atoms with van der Waals surface area (Å²) < 4.78 is 0. The van der Waals surface area contributed by atoms with E-state index < -0.39 is 0 Å². The highest BCUT2D eigenvalue weighted by Gasteiger charge is 1.99. The van der Waals surface area contributed by atoms with Crippen LogP contribution in [0.4, 0.5) is 5.69 Å². The molecule has 88 valence electrons. The number of benzene rings is 1. The van der Waals surface area contributed by atoms with Crippen LogP contribution in [-0.4, -0.2) is 10.9 Å². The molecule has 4 nitrogen and oxygen atoms in total. The predicted molar refractivity (Wildman–Crippen MR) is 68.8 cm³/mol. The van der Waals surface area contributed by atoms with Gasteiger partial charge in [0.2, 0.25) is 5.91 Å². The Balaban J connectivity index is 1.91. The number of hydrogen-bond acceptors (Lipinski definition) is 4. The molecular weight excluding hydrogens is 234 g/mol. The van der Waals surface area contributed by atoms with E-state index in [1.807, 2.05) is 35.2 Å². The van der Waals surface area contributed by atoms with Gasteiger partial charge in [-0.25, -0.2) is 4.98 Å². The first-order valence-corrected chi connectivity index (χ1v) is 6.16. The van der Waals surface area contributed by atoms with Gasteiger partial charge in [0.1, 0.15) is 0 Å². The number of amides is 1. The lowest BCUT2D eigenvalue weighted by Crippen LogP contribution is -2.13. The van der Waals surface area contributed by atoms with Crippen LogP contribution in [0.3, 0.4) is 0 Å². The lowest BCUT2D eigenvalue weighted by atomic mass is 10.1. The number of primary amides is 1. The van der Waals surface area contributed by atoms with E-state index in [4.69, 9.17) is 5.73 Å². The molecule has 0 spiro atoms. The number of carbonyl (C=O) groups is 1. The molecule has 5 heteroatoms. The van der Waals surface area contributed by atoms with E-state index in [1.165, 1.54) is 0 Å². The number of nitrogens with zero attached hydrogens (tertiary/aromatic N) is 1. The minimum absolute atomic E-state index is 0.284. The number of aromatic nitrogens is 1. The Morgan fingerprint density at radius 1 is 1.35 bits per heavy atom. The average Bonchev–Trinajstić information content (AvgIpc) is 2.80. The fourth-order valence-electron chi connectivity index (χ4n) is 1.46. The number of carbonyl (C=O) groups excluding carboxylic acids is 1. The highest BCUT2D eigenvalue weighted by Crippen LogP contribution is 2.11. The van der Waals surface area contributed by atoms with Crippen LogP contribution in [0.2, 0.25) is 0 Å². The minimum Gasteiger partial charge on any atom is -0.379 e. The Kier molecular flexibility index (Phi) is 3.72. The molecule has 0 atom stereocenters. The molecule has 0 aliphatic rings. The van der Waals surface area contributed by atoms with Gasteiger partial charge in [-0.05, 0) is 17.7 Å². The van der Waals surface area contributed by atoms with Crippen molar-refractivity contribution in [3.8, 4) is 0 Å². The lowest BCUT2D eigenvalue weighted by Gasteiger charge is -2.05. The normalized spacial score (nSPS) is 10.1. The summed E-state index contributed by atoms with van der Waals surface area (Å²) in [5, 5.41) is 5.26. The maximum atomic E-state index is 10.7. The standard InChI is InChI=1S/C12H13N3OS/c13-12(16)5-9-1-3-10(4-2-9)14-6-11-7-17-8-15-11/h1-4,7-8,14H,5-6H2,(H2,13,16). The number of nitrogens with one attached hydrogen (secondary N) is 1. The lowest BCUT2D eigenvalue weighted by molar-refractivity contribution is -0.117.